The van der Waals surface area contributed by atoms with Crippen molar-refractivity contribution in [3.63, 3.8) is 0 Å². The number of thiazole rings is 1. The molecule has 1 aliphatic heterocycles. The molecule has 0 spiro atoms. The smallest absolute Gasteiger partial charge is 0.414 e. The second kappa shape index (κ2) is 9.44. The van der Waals surface area contributed by atoms with Gasteiger partial charge >= 0.3 is 6.09 Å². The minimum atomic E-state index is -0.422. The van der Waals surface area contributed by atoms with Gasteiger partial charge in [-0.2, -0.15) is 0 Å². The van der Waals surface area contributed by atoms with Crippen molar-refractivity contribution in [3.05, 3.63) is 101 Å². The number of hydrogen-bond donors (Lipinski definition) is 0. The molecule has 0 bridgehead atoms. The molecule has 0 unspecified atom stereocenters. The van der Waals surface area contributed by atoms with Crippen LogP contribution in [0.25, 0.3) is 11.3 Å². The number of carbonyl (C=O) groups excluding carboxylic acids is 2. The summed E-state index contributed by atoms with van der Waals surface area (Å²) in [5.74, 6) is -0.555. The summed E-state index contributed by atoms with van der Waals surface area (Å²) in [6.07, 6.45) is -0.422. The molecule has 5 rings (SSSR count). The van der Waals surface area contributed by atoms with Gasteiger partial charge in [0.1, 0.15) is 12.4 Å². The maximum Gasteiger partial charge on any atom is 0.414 e. The molecule has 34 heavy (non-hydrogen) atoms. The predicted molar refractivity (Wildman–Crippen MR) is 130 cm³/mol. The van der Waals surface area contributed by atoms with Crippen LogP contribution in [0, 0.1) is 5.82 Å². The third kappa shape index (κ3) is 4.53. The zero-order chi connectivity index (χ0) is 23.5. The summed E-state index contributed by atoms with van der Waals surface area (Å²) in [5, 5.41) is 2.38. The molecule has 3 aromatic carbocycles. The summed E-state index contributed by atoms with van der Waals surface area (Å²) in [5.41, 5.74) is 3.43. The highest BCUT2D eigenvalue weighted by Crippen LogP contribution is 2.30. The molecular weight excluding hydrogens is 453 g/mol. The largest absolute Gasteiger partial charge is 0.447 e. The highest BCUT2D eigenvalue weighted by Gasteiger charge is 2.26. The van der Waals surface area contributed by atoms with Gasteiger partial charge in [0.25, 0.3) is 5.91 Å². The van der Waals surface area contributed by atoms with Gasteiger partial charge in [0.2, 0.25) is 0 Å². The lowest BCUT2D eigenvalue weighted by molar-refractivity contribution is 0.0985. The minimum absolute atomic E-state index is 0.238. The Morgan fingerprint density at radius 2 is 1.85 bits per heavy atom. The average molecular weight is 474 g/mol. The highest BCUT2D eigenvalue weighted by molar-refractivity contribution is 7.14. The van der Waals surface area contributed by atoms with Gasteiger partial charge in [-0.15, -0.1) is 11.3 Å². The van der Waals surface area contributed by atoms with E-state index in [0.29, 0.717) is 41.8 Å². The molecular formula is C26H20FN3O3S. The summed E-state index contributed by atoms with van der Waals surface area (Å²) in [4.78, 5) is 33.5. The number of anilines is 2. The van der Waals surface area contributed by atoms with E-state index in [4.69, 9.17) is 4.74 Å². The zero-order valence-corrected chi connectivity index (χ0v) is 18.9. The van der Waals surface area contributed by atoms with Gasteiger partial charge in [-0.1, -0.05) is 36.4 Å². The van der Waals surface area contributed by atoms with Gasteiger partial charge in [0.05, 0.1) is 18.8 Å². The first kappa shape index (κ1) is 21.8. The van der Waals surface area contributed by atoms with Crippen LogP contribution in [0.1, 0.15) is 15.9 Å². The number of halogens is 1. The van der Waals surface area contributed by atoms with E-state index in [0.717, 1.165) is 11.1 Å². The number of ether oxygens (including phenoxy) is 1. The molecule has 1 aromatic heterocycles. The Morgan fingerprint density at radius 1 is 1.06 bits per heavy atom. The van der Waals surface area contributed by atoms with Gasteiger partial charge in [0.15, 0.2) is 5.13 Å². The lowest BCUT2D eigenvalue weighted by atomic mass is 10.1. The standard InChI is InChI=1S/C26H20FN3O3S/c27-21-11-9-19(10-12-21)23-17-34-25(28-23)30(16-18-5-2-1-3-6-18)24(31)20-7-4-8-22(15-20)29-13-14-33-26(29)32/h1-12,15,17H,13-14,16H2. The third-order valence-electron chi connectivity index (χ3n) is 5.46. The van der Waals surface area contributed by atoms with Crippen LogP contribution in [0.15, 0.2) is 84.2 Å². The van der Waals surface area contributed by atoms with E-state index in [1.807, 2.05) is 35.7 Å². The summed E-state index contributed by atoms with van der Waals surface area (Å²) in [6.45, 7) is 1.09. The highest BCUT2D eigenvalue weighted by atomic mass is 32.1. The normalized spacial score (nSPS) is 13.1. The lowest BCUT2D eigenvalue weighted by Crippen LogP contribution is -2.31. The van der Waals surface area contributed by atoms with Crippen LogP contribution in [-0.2, 0) is 11.3 Å². The Kier molecular flexibility index (Phi) is 6.05. The molecule has 2 amide bonds. The third-order valence-corrected chi connectivity index (χ3v) is 6.32. The molecule has 6 nitrogen and oxygen atoms in total. The molecule has 0 N–H and O–H groups in total. The predicted octanol–water partition coefficient (Wildman–Crippen LogP) is 5.75. The van der Waals surface area contributed by atoms with E-state index in [2.05, 4.69) is 4.98 Å². The van der Waals surface area contributed by atoms with Crippen LogP contribution in [0.3, 0.4) is 0 Å². The topological polar surface area (TPSA) is 62.7 Å². The first-order chi connectivity index (χ1) is 16.6. The van der Waals surface area contributed by atoms with Gasteiger partial charge < -0.3 is 4.74 Å². The second-order valence-corrected chi connectivity index (χ2v) is 8.55. The van der Waals surface area contributed by atoms with E-state index in [1.54, 1.807) is 41.3 Å². The molecule has 0 saturated carbocycles. The van der Waals surface area contributed by atoms with Crippen molar-refractivity contribution in [2.24, 2.45) is 0 Å². The molecule has 170 valence electrons. The van der Waals surface area contributed by atoms with Gasteiger partial charge in [-0.05, 0) is 48.0 Å². The maximum absolute atomic E-state index is 13.7. The Balaban J connectivity index is 1.49. The monoisotopic (exact) mass is 473 g/mol. The molecule has 0 atom stereocenters. The fourth-order valence-corrected chi connectivity index (χ4v) is 4.56. The van der Waals surface area contributed by atoms with E-state index in [-0.39, 0.29) is 11.7 Å². The summed E-state index contributed by atoms with van der Waals surface area (Å²) < 4.78 is 18.4. The number of rotatable bonds is 6. The maximum atomic E-state index is 13.7. The number of benzene rings is 3. The number of aromatic nitrogens is 1. The molecule has 1 aliphatic rings. The van der Waals surface area contributed by atoms with E-state index >= 15 is 0 Å². The Bertz CT molecular complexity index is 1320. The molecule has 8 heteroatoms. The lowest BCUT2D eigenvalue weighted by Gasteiger charge is -2.21. The average Bonchev–Trinajstić information content (AvgIpc) is 3.53. The van der Waals surface area contributed by atoms with Crippen molar-refractivity contribution >= 4 is 34.2 Å². The van der Waals surface area contributed by atoms with E-state index < -0.39 is 6.09 Å². The second-order valence-electron chi connectivity index (χ2n) is 7.72. The number of cyclic esters (lactones) is 1. The fourth-order valence-electron chi connectivity index (χ4n) is 3.72. The number of nitrogens with zero attached hydrogens (tertiary/aromatic N) is 3. The fraction of sp³-hybridized carbons (Fsp3) is 0.115. The molecule has 4 aromatic rings. The van der Waals surface area contributed by atoms with Gasteiger partial charge in [-0.25, -0.2) is 14.2 Å². The molecule has 0 aliphatic carbocycles. The van der Waals surface area contributed by atoms with E-state index in [1.165, 1.54) is 28.4 Å². The minimum Gasteiger partial charge on any atom is -0.447 e. The van der Waals surface area contributed by atoms with Crippen molar-refractivity contribution < 1.29 is 18.7 Å². The summed E-state index contributed by atoms with van der Waals surface area (Å²) >= 11 is 1.34. The van der Waals surface area contributed by atoms with Crippen molar-refractivity contribution in [1.29, 1.82) is 0 Å². The van der Waals surface area contributed by atoms with Crippen LogP contribution in [0.2, 0.25) is 0 Å². The van der Waals surface area contributed by atoms with Crippen molar-refractivity contribution in [2.75, 3.05) is 23.0 Å². The number of carbonyl (C=O) groups is 2. The summed E-state index contributed by atoms with van der Waals surface area (Å²) in [7, 11) is 0. The number of hydrogen-bond acceptors (Lipinski definition) is 5. The molecule has 1 fully saturated rings. The Labute approximate surface area is 199 Å². The van der Waals surface area contributed by atoms with Crippen molar-refractivity contribution in [2.45, 2.75) is 6.54 Å². The first-order valence-electron chi connectivity index (χ1n) is 10.7. The van der Waals surface area contributed by atoms with Crippen LogP contribution in [0.4, 0.5) is 20.0 Å². The number of amides is 2. The van der Waals surface area contributed by atoms with Crippen LogP contribution in [0.5, 0.6) is 0 Å². The zero-order valence-electron chi connectivity index (χ0n) is 18.1. The Morgan fingerprint density at radius 3 is 2.59 bits per heavy atom. The van der Waals surface area contributed by atoms with Crippen molar-refractivity contribution in [1.82, 2.24) is 4.98 Å². The molecule has 0 radical (unpaired) electrons. The van der Waals surface area contributed by atoms with Crippen LogP contribution < -0.4 is 9.80 Å². The molecule has 1 saturated heterocycles. The van der Waals surface area contributed by atoms with Gasteiger partial charge in [0, 0.05) is 22.2 Å². The van der Waals surface area contributed by atoms with Crippen LogP contribution >= 0.6 is 11.3 Å². The first-order valence-corrected chi connectivity index (χ1v) is 11.6. The summed E-state index contributed by atoms with van der Waals surface area (Å²) in [6, 6.07) is 22.7. The van der Waals surface area contributed by atoms with Gasteiger partial charge in [-0.3, -0.25) is 14.6 Å². The quantitative estimate of drug-likeness (QED) is 0.358. The van der Waals surface area contributed by atoms with Crippen molar-refractivity contribution in [3.8, 4) is 11.3 Å². The SMILES string of the molecule is O=C1OCCN1c1cccc(C(=O)N(Cc2ccccc2)c2nc(-c3ccc(F)cc3)cs2)c1. The van der Waals surface area contributed by atoms with Crippen LogP contribution in [-0.4, -0.2) is 30.1 Å². The van der Waals surface area contributed by atoms with E-state index in [9.17, 15) is 14.0 Å². The Hall–Kier alpha value is -4.04. The molecule has 2 heterocycles.